The molecule has 2 atom stereocenters. The van der Waals surface area contributed by atoms with E-state index in [9.17, 15) is 0 Å². The lowest BCUT2D eigenvalue weighted by atomic mass is 9.79. The number of rotatable bonds is 1. The van der Waals surface area contributed by atoms with Crippen molar-refractivity contribution in [3.8, 4) is 0 Å². The van der Waals surface area contributed by atoms with Gasteiger partial charge in [0.1, 0.15) is 0 Å². The Bertz CT molecular complexity index is 735. The third kappa shape index (κ3) is 2.13. The quantitative estimate of drug-likeness (QED) is 0.821. The Balaban J connectivity index is 1.87. The molecule has 2 aromatic rings. The highest BCUT2D eigenvalue weighted by molar-refractivity contribution is 6.17. The molecule has 2 aliphatic rings. The highest BCUT2D eigenvalue weighted by atomic mass is 15.1. The van der Waals surface area contributed by atoms with Crippen LogP contribution in [0.3, 0.4) is 0 Å². The summed E-state index contributed by atoms with van der Waals surface area (Å²) in [6.45, 7) is 2.20. The van der Waals surface area contributed by atoms with Crippen LogP contribution in [0.2, 0.25) is 0 Å². The van der Waals surface area contributed by atoms with Crippen molar-refractivity contribution in [3.05, 3.63) is 65.2 Å². The van der Waals surface area contributed by atoms with Gasteiger partial charge in [0.2, 0.25) is 0 Å². The minimum absolute atomic E-state index is 0.376. The van der Waals surface area contributed by atoms with E-state index in [1.54, 1.807) is 0 Å². The van der Waals surface area contributed by atoms with Crippen LogP contribution in [0.4, 0.5) is 5.69 Å². The number of nitrogens with two attached hydrogens (primary N) is 1. The Morgan fingerprint density at radius 3 is 2.59 bits per heavy atom. The van der Waals surface area contributed by atoms with Crippen molar-refractivity contribution in [2.45, 2.75) is 18.4 Å². The Morgan fingerprint density at radius 1 is 1.05 bits per heavy atom. The number of piperidine rings is 1. The van der Waals surface area contributed by atoms with Crippen LogP contribution in [0.15, 0.2) is 53.5 Å². The summed E-state index contributed by atoms with van der Waals surface area (Å²) >= 11 is 0. The summed E-state index contributed by atoms with van der Waals surface area (Å²) in [5.41, 5.74) is 11.8. The summed E-state index contributed by atoms with van der Waals surface area (Å²) in [7, 11) is 2.20. The van der Waals surface area contributed by atoms with Crippen molar-refractivity contribution in [3.63, 3.8) is 0 Å². The summed E-state index contributed by atoms with van der Waals surface area (Å²) < 4.78 is 0. The van der Waals surface area contributed by atoms with E-state index >= 15 is 0 Å². The van der Waals surface area contributed by atoms with Crippen LogP contribution in [-0.4, -0.2) is 36.8 Å². The number of hydrogen-bond donors (Lipinski definition) is 1. The predicted octanol–water partition coefficient (Wildman–Crippen LogP) is 2.91. The smallest absolute Gasteiger partial charge is 0.0746 e. The number of likely N-dealkylation sites (N-methyl/N-ethyl adjacent to an activating group) is 1. The summed E-state index contributed by atoms with van der Waals surface area (Å²) in [6, 6.07) is 17.1. The maximum atomic E-state index is 6.21. The van der Waals surface area contributed by atoms with Crippen LogP contribution in [0.5, 0.6) is 0 Å². The molecule has 0 bridgehead atoms. The molecule has 4 rings (SSSR count). The van der Waals surface area contributed by atoms with Gasteiger partial charge in [-0.3, -0.25) is 4.99 Å². The molecule has 3 heteroatoms. The topological polar surface area (TPSA) is 41.6 Å². The lowest BCUT2D eigenvalue weighted by Crippen LogP contribution is -2.41. The monoisotopic (exact) mass is 291 g/mol. The zero-order valence-electron chi connectivity index (χ0n) is 12.9. The lowest BCUT2D eigenvalue weighted by Gasteiger charge is -2.39. The van der Waals surface area contributed by atoms with Crippen LogP contribution in [-0.2, 0) is 0 Å². The number of para-hydroxylation sites is 1. The van der Waals surface area contributed by atoms with Gasteiger partial charge in [0.25, 0.3) is 0 Å². The molecule has 112 valence electrons. The van der Waals surface area contributed by atoms with Crippen LogP contribution in [0.1, 0.15) is 29.0 Å². The van der Waals surface area contributed by atoms with Crippen molar-refractivity contribution in [2.24, 2.45) is 4.99 Å². The first-order valence-electron chi connectivity index (χ1n) is 7.94. The van der Waals surface area contributed by atoms with Gasteiger partial charge in [-0.2, -0.15) is 0 Å². The van der Waals surface area contributed by atoms with Crippen molar-refractivity contribution < 1.29 is 0 Å². The molecular weight excluding hydrogens is 270 g/mol. The van der Waals surface area contributed by atoms with Crippen molar-refractivity contribution >= 4 is 11.4 Å². The molecule has 1 fully saturated rings. The van der Waals surface area contributed by atoms with E-state index in [1.165, 1.54) is 11.1 Å². The van der Waals surface area contributed by atoms with Gasteiger partial charge in [0, 0.05) is 29.3 Å². The van der Waals surface area contributed by atoms with Gasteiger partial charge in [-0.1, -0.05) is 42.5 Å². The molecule has 3 nitrogen and oxygen atoms in total. The number of benzene rings is 2. The third-order valence-corrected chi connectivity index (χ3v) is 4.91. The minimum atomic E-state index is 0.376. The van der Waals surface area contributed by atoms with E-state index in [2.05, 4.69) is 42.3 Å². The zero-order valence-corrected chi connectivity index (χ0v) is 12.9. The first kappa shape index (κ1) is 13.5. The molecule has 2 aliphatic heterocycles. The molecule has 0 radical (unpaired) electrons. The second-order valence-corrected chi connectivity index (χ2v) is 6.38. The summed E-state index contributed by atoms with van der Waals surface area (Å²) in [5.74, 6) is 0.503. The molecule has 0 saturated carbocycles. The summed E-state index contributed by atoms with van der Waals surface area (Å²) in [6.07, 6.45) is 1.12. The summed E-state index contributed by atoms with van der Waals surface area (Å²) in [5, 5.41) is 0. The van der Waals surface area contributed by atoms with E-state index in [4.69, 9.17) is 10.7 Å². The highest BCUT2D eigenvalue weighted by Gasteiger charge is 2.35. The van der Waals surface area contributed by atoms with Crippen LogP contribution >= 0.6 is 0 Å². The Hall–Kier alpha value is -2.13. The first-order chi connectivity index (χ1) is 10.7. The molecule has 0 amide bonds. The van der Waals surface area contributed by atoms with Gasteiger partial charge in [-0.25, -0.2) is 0 Å². The van der Waals surface area contributed by atoms with Gasteiger partial charge in [-0.15, -0.1) is 0 Å². The SMILES string of the molecule is CN1CC[C@H]2N=C(c3ccccc3N)c3ccccc3[C@H]2C1. The molecule has 0 spiro atoms. The second-order valence-electron chi connectivity index (χ2n) is 6.38. The van der Waals surface area contributed by atoms with Gasteiger partial charge in [-0.05, 0) is 31.6 Å². The van der Waals surface area contributed by atoms with Gasteiger partial charge >= 0.3 is 0 Å². The third-order valence-electron chi connectivity index (χ3n) is 4.91. The Morgan fingerprint density at radius 2 is 1.77 bits per heavy atom. The number of nitrogen functional groups attached to an aromatic ring is 1. The molecule has 2 heterocycles. The average Bonchev–Trinajstić information content (AvgIpc) is 2.55. The summed E-state index contributed by atoms with van der Waals surface area (Å²) in [4.78, 5) is 7.53. The van der Waals surface area contributed by atoms with Gasteiger partial charge in [0.15, 0.2) is 0 Å². The highest BCUT2D eigenvalue weighted by Crippen LogP contribution is 2.37. The predicted molar refractivity (Wildman–Crippen MR) is 91.6 cm³/mol. The number of likely N-dealkylation sites (tertiary alicyclic amines) is 1. The molecular formula is C19H21N3. The molecule has 0 aromatic heterocycles. The minimum Gasteiger partial charge on any atom is -0.398 e. The van der Waals surface area contributed by atoms with E-state index in [0.29, 0.717) is 12.0 Å². The molecule has 22 heavy (non-hydrogen) atoms. The standard InChI is InChI=1S/C19H21N3/c1-22-11-10-18-16(12-22)13-6-2-3-7-14(13)19(21-18)15-8-4-5-9-17(15)20/h2-9,16,18H,10-12,20H2,1H3/t16-,18-/m1/s1. The van der Waals surface area contributed by atoms with E-state index in [1.807, 2.05) is 18.2 Å². The van der Waals surface area contributed by atoms with Gasteiger partial charge in [0.05, 0.1) is 11.8 Å². The van der Waals surface area contributed by atoms with Crippen LogP contribution < -0.4 is 5.73 Å². The second kappa shape index (κ2) is 5.25. The van der Waals surface area contributed by atoms with E-state index in [-0.39, 0.29) is 0 Å². The molecule has 2 N–H and O–H groups in total. The van der Waals surface area contributed by atoms with Crippen molar-refractivity contribution in [1.82, 2.24) is 4.90 Å². The molecule has 2 aromatic carbocycles. The largest absolute Gasteiger partial charge is 0.398 e. The zero-order chi connectivity index (χ0) is 15.1. The fourth-order valence-corrected chi connectivity index (χ4v) is 3.76. The fraction of sp³-hybridized carbons (Fsp3) is 0.316. The van der Waals surface area contributed by atoms with Crippen molar-refractivity contribution in [2.75, 3.05) is 25.9 Å². The fourth-order valence-electron chi connectivity index (χ4n) is 3.76. The number of fused-ring (bicyclic) bond motifs is 3. The Kier molecular flexibility index (Phi) is 3.23. The van der Waals surface area contributed by atoms with E-state index in [0.717, 1.165) is 36.5 Å². The number of anilines is 1. The Labute approximate surface area is 131 Å². The number of nitrogens with zero attached hydrogens (tertiary/aromatic N) is 2. The van der Waals surface area contributed by atoms with Gasteiger partial charge < -0.3 is 10.6 Å². The maximum absolute atomic E-state index is 6.21. The molecule has 0 aliphatic carbocycles. The van der Waals surface area contributed by atoms with E-state index < -0.39 is 0 Å². The molecule has 1 saturated heterocycles. The van der Waals surface area contributed by atoms with Crippen LogP contribution in [0.25, 0.3) is 0 Å². The van der Waals surface area contributed by atoms with Crippen LogP contribution in [0, 0.1) is 0 Å². The lowest BCUT2D eigenvalue weighted by molar-refractivity contribution is 0.227. The number of hydrogen-bond acceptors (Lipinski definition) is 3. The normalized spacial score (nSPS) is 24.3. The molecule has 0 unspecified atom stereocenters. The maximum Gasteiger partial charge on any atom is 0.0746 e. The van der Waals surface area contributed by atoms with Crippen molar-refractivity contribution in [1.29, 1.82) is 0 Å². The average molecular weight is 291 g/mol. The number of aliphatic imine (C=N–C) groups is 1. The first-order valence-corrected chi connectivity index (χ1v) is 7.94.